The maximum atomic E-state index is 9.37. The van der Waals surface area contributed by atoms with Crippen molar-refractivity contribution in [2.24, 2.45) is 0 Å². The third-order valence-corrected chi connectivity index (χ3v) is 2.05. The minimum absolute atomic E-state index is 0.222. The summed E-state index contributed by atoms with van der Waals surface area (Å²) in [6.45, 7) is 4.49. The van der Waals surface area contributed by atoms with E-state index >= 15 is 0 Å². The Hall–Kier alpha value is -1.08. The highest BCUT2D eigenvalue weighted by molar-refractivity contribution is 5.66. The summed E-state index contributed by atoms with van der Waals surface area (Å²) in [4.78, 5) is 11.6. The molecule has 0 aromatic carbocycles. The summed E-state index contributed by atoms with van der Waals surface area (Å²) in [6.07, 6.45) is 4.13. The fourth-order valence-corrected chi connectivity index (χ4v) is 1.22. The molecular formula is C10H18N2O2. The van der Waals surface area contributed by atoms with Crippen LogP contribution in [0.2, 0.25) is 0 Å². The highest BCUT2D eigenvalue weighted by atomic mass is 16.4. The Morgan fingerprint density at radius 3 is 2.29 bits per heavy atom. The van der Waals surface area contributed by atoms with Gasteiger partial charge < -0.3 is 5.11 Å². The summed E-state index contributed by atoms with van der Waals surface area (Å²) in [5.41, 5.74) is 0. The highest BCUT2D eigenvalue weighted by Crippen LogP contribution is 2.06. The average Bonchev–Trinajstić information content (AvgIpc) is 2.21. The van der Waals surface area contributed by atoms with Crippen molar-refractivity contribution in [3.8, 4) is 6.07 Å². The first-order valence-electron chi connectivity index (χ1n) is 5.01. The van der Waals surface area contributed by atoms with Crippen LogP contribution >= 0.6 is 0 Å². The zero-order valence-electron chi connectivity index (χ0n) is 8.70. The molecule has 0 radical (unpaired) electrons. The Morgan fingerprint density at radius 1 is 1.43 bits per heavy atom. The van der Waals surface area contributed by atoms with E-state index in [1.807, 2.05) is 0 Å². The topological polar surface area (TPSA) is 64.3 Å². The lowest BCUT2D eigenvalue weighted by atomic mass is 10.1. The monoisotopic (exact) mass is 198 g/mol. The molecule has 0 spiro atoms. The molecule has 0 bridgehead atoms. The number of hydrogen-bond acceptors (Lipinski definition) is 3. The molecule has 1 N–H and O–H groups in total. The number of nitrogens with zero attached hydrogens (tertiary/aromatic N) is 2. The number of rotatable bonds is 2. The summed E-state index contributed by atoms with van der Waals surface area (Å²) in [6, 6.07) is 2.16. The van der Waals surface area contributed by atoms with Crippen LogP contribution in [0.3, 0.4) is 0 Å². The SMILES string of the molecule is CCC(=O)O.N#CCN1CCCCC1. The smallest absolute Gasteiger partial charge is 0.303 e. The lowest BCUT2D eigenvalue weighted by Crippen LogP contribution is -2.29. The van der Waals surface area contributed by atoms with E-state index in [1.165, 1.54) is 19.3 Å². The first kappa shape index (κ1) is 12.9. The second kappa shape index (κ2) is 8.52. The fraction of sp³-hybridized carbons (Fsp3) is 0.800. The van der Waals surface area contributed by atoms with Crippen LogP contribution in [0.15, 0.2) is 0 Å². The van der Waals surface area contributed by atoms with Crippen LogP contribution in [0.1, 0.15) is 32.6 Å². The molecule has 4 heteroatoms. The largest absolute Gasteiger partial charge is 0.481 e. The van der Waals surface area contributed by atoms with E-state index < -0.39 is 5.97 Å². The first-order chi connectivity index (χ1) is 6.70. The Labute approximate surface area is 85.1 Å². The van der Waals surface area contributed by atoms with Crippen LogP contribution in [-0.4, -0.2) is 35.6 Å². The highest BCUT2D eigenvalue weighted by Gasteiger charge is 2.07. The minimum atomic E-state index is -0.745. The second-order valence-electron chi connectivity index (χ2n) is 3.24. The number of likely N-dealkylation sites (tertiary alicyclic amines) is 1. The normalized spacial score (nSPS) is 16.3. The standard InChI is InChI=1S/C7H12N2.C3H6O2/c8-4-7-9-5-2-1-3-6-9;1-2-3(4)5/h1-3,5-7H2;2H2,1H3,(H,4,5). The third-order valence-electron chi connectivity index (χ3n) is 2.05. The van der Waals surface area contributed by atoms with E-state index in [-0.39, 0.29) is 6.42 Å². The number of carboxylic acids is 1. The second-order valence-corrected chi connectivity index (χ2v) is 3.24. The number of hydrogen-bond donors (Lipinski definition) is 1. The molecule has 1 aliphatic heterocycles. The summed E-state index contributed by atoms with van der Waals surface area (Å²) in [5.74, 6) is -0.745. The van der Waals surface area contributed by atoms with Crippen molar-refractivity contribution in [3.63, 3.8) is 0 Å². The van der Waals surface area contributed by atoms with Gasteiger partial charge in [-0.25, -0.2) is 0 Å². The van der Waals surface area contributed by atoms with Gasteiger partial charge in [-0.3, -0.25) is 9.69 Å². The Morgan fingerprint density at radius 2 is 1.93 bits per heavy atom. The van der Waals surface area contributed by atoms with Crippen molar-refractivity contribution in [1.82, 2.24) is 4.90 Å². The van der Waals surface area contributed by atoms with Gasteiger partial charge in [-0.05, 0) is 25.9 Å². The van der Waals surface area contributed by atoms with E-state index in [0.717, 1.165) is 13.1 Å². The van der Waals surface area contributed by atoms with Crippen LogP contribution in [0.4, 0.5) is 0 Å². The zero-order valence-corrected chi connectivity index (χ0v) is 8.70. The molecule has 0 saturated carbocycles. The number of carboxylic acid groups (broad SMARTS) is 1. The van der Waals surface area contributed by atoms with Crippen molar-refractivity contribution in [2.45, 2.75) is 32.6 Å². The number of nitriles is 1. The molecule has 0 aromatic heterocycles. The quantitative estimate of drug-likeness (QED) is 0.682. The Bertz CT molecular complexity index is 193. The van der Waals surface area contributed by atoms with Crippen molar-refractivity contribution >= 4 is 5.97 Å². The summed E-state index contributed by atoms with van der Waals surface area (Å²) in [7, 11) is 0. The predicted molar refractivity (Wildman–Crippen MR) is 53.8 cm³/mol. The van der Waals surface area contributed by atoms with Crippen molar-refractivity contribution in [3.05, 3.63) is 0 Å². The zero-order chi connectivity index (χ0) is 10.8. The maximum absolute atomic E-state index is 9.37. The van der Waals surface area contributed by atoms with Crippen LogP contribution in [-0.2, 0) is 4.79 Å². The van der Waals surface area contributed by atoms with Gasteiger partial charge in [0, 0.05) is 6.42 Å². The maximum Gasteiger partial charge on any atom is 0.303 e. The summed E-state index contributed by atoms with van der Waals surface area (Å²) >= 11 is 0. The summed E-state index contributed by atoms with van der Waals surface area (Å²) in [5, 5.41) is 16.0. The molecule has 80 valence electrons. The molecule has 14 heavy (non-hydrogen) atoms. The van der Waals surface area contributed by atoms with Crippen LogP contribution in [0.5, 0.6) is 0 Å². The first-order valence-corrected chi connectivity index (χ1v) is 5.01. The van der Waals surface area contributed by atoms with Gasteiger partial charge in [0.25, 0.3) is 0 Å². The van der Waals surface area contributed by atoms with Crippen LogP contribution in [0.25, 0.3) is 0 Å². The molecule has 1 saturated heterocycles. The van der Waals surface area contributed by atoms with Crippen molar-refractivity contribution < 1.29 is 9.90 Å². The van der Waals surface area contributed by atoms with Gasteiger partial charge in [0.05, 0.1) is 12.6 Å². The van der Waals surface area contributed by atoms with Crippen LogP contribution < -0.4 is 0 Å². The van der Waals surface area contributed by atoms with Gasteiger partial charge in [-0.15, -0.1) is 0 Å². The molecule has 0 aliphatic carbocycles. The number of carbonyl (C=O) groups is 1. The minimum Gasteiger partial charge on any atom is -0.481 e. The van der Waals surface area contributed by atoms with E-state index in [1.54, 1.807) is 6.92 Å². The molecule has 0 aromatic rings. The fourth-order valence-electron chi connectivity index (χ4n) is 1.22. The molecule has 0 atom stereocenters. The lowest BCUT2D eigenvalue weighted by molar-refractivity contribution is -0.136. The Kier molecular flexibility index (Phi) is 7.86. The Balaban J connectivity index is 0.000000292. The average molecular weight is 198 g/mol. The van der Waals surface area contributed by atoms with Crippen molar-refractivity contribution in [2.75, 3.05) is 19.6 Å². The molecule has 1 rings (SSSR count). The van der Waals surface area contributed by atoms with Crippen LogP contribution in [0, 0.1) is 11.3 Å². The molecule has 1 aliphatic rings. The summed E-state index contributed by atoms with van der Waals surface area (Å²) < 4.78 is 0. The predicted octanol–water partition coefficient (Wildman–Crippen LogP) is 1.48. The van der Waals surface area contributed by atoms with Gasteiger partial charge in [0.15, 0.2) is 0 Å². The molecule has 0 amide bonds. The van der Waals surface area contributed by atoms with E-state index in [0.29, 0.717) is 6.54 Å². The van der Waals surface area contributed by atoms with E-state index in [4.69, 9.17) is 10.4 Å². The third kappa shape index (κ3) is 7.56. The molecule has 1 fully saturated rings. The van der Waals surface area contributed by atoms with E-state index in [9.17, 15) is 4.79 Å². The number of piperidine rings is 1. The molecule has 4 nitrogen and oxygen atoms in total. The molecular weight excluding hydrogens is 180 g/mol. The van der Waals surface area contributed by atoms with Crippen molar-refractivity contribution in [1.29, 1.82) is 5.26 Å². The van der Waals surface area contributed by atoms with Gasteiger partial charge in [0.2, 0.25) is 0 Å². The number of aliphatic carboxylic acids is 1. The lowest BCUT2D eigenvalue weighted by Gasteiger charge is -2.22. The van der Waals surface area contributed by atoms with Gasteiger partial charge in [0.1, 0.15) is 0 Å². The molecule has 1 heterocycles. The molecule has 0 unspecified atom stereocenters. The van der Waals surface area contributed by atoms with Gasteiger partial charge >= 0.3 is 5.97 Å². The van der Waals surface area contributed by atoms with Gasteiger partial charge in [-0.1, -0.05) is 13.3 Å². The van der Waals surface area contributed by atoms with Gasteiger partial charge in [-0.2, -0.15) is 5.26 Å². The van der Waals surface area contributed by atoms with E-state index in [2.05, 4.69) is 11.0 Å².